The average Bonchev–Trinajstić information content (AvgIpc) is 3.42. The first-order chi connectivity index (χ1) is 22.6. The van der Waals surface area contributed by atoms with Crippen molar-refractivity contribution in [2.75, 3.05) is 50.1 Å². The first-order valence-electron chi connectivity index (χ1n) is 15.2. The summed E-state index contributed by atoms with van der Waals surface area (Å²) >= 11 is 0. The van der Waals surface area contributed by atoms with Crippen LogP contribution in [0.4, 0.5) is 11.4 Å². The standard InChI is InChI=1S/C34H40N4O8S/c1-22-31(34(40)41)33(32(36-22)23-7-5-4-6-8-23)46-21-27(39)20-35-24-15-17-38(18-16-24)26-11-9-25(10-12-26)37-47(42,43)28-13-14-29(44-2)30(19-28)45-3/h4-14,19,24,27,35-37,39H,15-18,20-21H2,1-3H3,(H,40,41)/t27-/m0/s1. The van der Waals surface area contributed by atoms with Crippen LogP contribution in [0, 0.1) is 6.92 Å². The number of benzene rings is 3. The Morgan fingerprint density at radius 1 is 1.00 bits per heavy atom. The molecule has 2 heterocycles. The fourth-order valence-corrected chi connectivity index (χ4v) is 6.71. The Bertz CT molecular complexity index is 1770. The predicted molar refractivity (Wildman–Crippen MR) is 179 cm³/mol. The Kier molecular flexibility index (Phi) is 10.6. The van der Waals surface area contributed by atoms with E-state index in [1.54, 1.807) is 25.1 Å². The second kappa shape index (κ2) is 14.8. The zero-order valence-electron chi connectivity index (χ0n) is 26.5. The molecule has 5 rings (SSSR count). The number of nitrogens with one attached hydrogen (secondary N) is 3. The third-order valence-corrected chi connectivity index (χ3v) is 9.50. The first kappa shape index (κ1) is 33.6. The third-order valence-electron chi connectivity index (χ3n) is 8.13. The maximum atomic E-state index is 13.0. The molecule has 1 aliphatic rings. The van der Waals surface area contributed by atoms with E-state index in [9.17, 15) is 23.4 Å². The molecule has 1 saturated heterocycles. The van der Waals surface area contributed by atoms with Crippen LogP contribution in [0.3, 0.4) is 0 Å². The fourth-order valence-electron chi connectivity index (χ4n) is 5.63. The van der Waals surface area contributed by atoms with Crippen LogP contribution < -0.4 is 29.1 Å². The van der Waals surface area contributed by atoms with Crippen LogP contribution in [0.15, 0.2) is 77.7 Å². The summed E-state index contributed by atoms with van der Waals surface area (Å²) in [5.74, 6) is -0.115. The van der Waals surface area contributed by atoms with Gasteiger partial charge in [-0.25, -0.2) is 13.2 Å². The number of rotatable bonds is 14. The van der Waals surface area contributed by atoms with Gasteiger partial charge in [-0.1, -0.05) is 30.3 Å². The van der Waals surface area contributed by atoms with Gasteiger partial charge < -0.3 is 39.6 Å². The van der Waals surface area contributed by atoms with Crippen molar-refractivity contribution in [3.8, 4) is 28.5 Å². The molecule has 0 amide bonds. The van der Waals surface area contributed by atoms with E-state index in [0.717, 1.165) is 37.2 Å². The molecule has 0 spiro atoms. The summed E-state index contributed by atoms with van der Waals surface area (Å²) < 4.78 is 44.9. The molecule has 1 aliphatic heterocycles. The maximum Gasteiger partial charge on any atom is 0.341 e. The number of carboxylic acid groups (broad SMARTS) is 1. The van der Waals surface area contributed by atoms with Crippen molar-refractivity contribution < 1.29 is 37.6 Å². The summed E-state index contributed by atoms with van der Waals surface area (Å²) in [5, 5.41) is 23.9. The van der Waals surface area contributed by atoms with Crippen LogP contribution in [-0.4, -0.2) is 82.2 Å². The van der Waals surface area contributed by atoms with Crippen LogP contribution in [-0.2, 0) is 10.0 Å². The Labute approximate surface area is 274 Å². The summed E-state index contributed by atoms with van der Waals surface area (Å²) in [6.07, 6.45) is 0.850. The van der Waals surface area contributed by atoms with E-state index < -0.39 is 22.1 Å². The molecule has 3 aromatic carbocycles. The number of aliphatic hydroxyl groups is 1. The van der Waals surface area contributed by atoms with Gasteiger partial charge in [0.05, 0.1) is 24.8 Å². The SMILES string of the molecule is COc1ccc(S(=O)(=O)Nc2ccc(N3CCC(NC[C@H](O)COc4c(-c5ccccc5)[nH]c(C)c4C(=O)O)CC3)cc2)cc1OC. The van der Waals surface area contributed by atoms with E-state index in [0.29, 0.717) is 35.1 Å². The number of piperidine rings is 1. The predicted octanol–water partition coefficient (Wildman–Crippen LogP) is 4.50. The van der Waals surface area contributed by atoms with Gasteiger partial charge in [-0.3, -0.25) is 4.72 Å². The number of sulfonamides is 1. The molecule has 0 bridgehead atoms. The molecule has 47 heavy (non-hydrogen) atoms. The average molecular weight is 665 g/mol. The molecule has 13 heteroatoms. The van der Waals surface area contributed by atoms with E-state index in [2.05, 4.69) is 19.9 Å². The van der Waals surface area contributed by atoms with Crippen LogP contribution in [0.25, 0.3) is 11.3 Å². The molecule has 0 unspecified atom stereocenters. The quantitative estimate of drug-likeness (QED) is 0.130. The zero-order chi connectivity index (χ0) is 33.6. The molecule has 1 atom stereocenters. The van der Waals surface area contributed by atoms with E-state index in [1.165, 1.54) is 26.4 Å². The van der Waals surface area contributed by atoms with Gasteiger partial charge in [0.2, 0.25) is 0 Å². The molecule has 12 nitrogen and oxygen atoms in total. The highest BCUT2D eigenvalue weighted by Crippen LogP contribution is 2.35. The number of anilines is 2. The second-order valence-electron chi connectivity index (χ2n) is 11.3. The molecule has 1 fully saturated rings. The van der Waals surface area contributed by atoms with Gasteiger partial charge in [0.25, 0.3) is 10.0 Å². The Hall–Kier alpha value is -4.72. The minimum Gasteiger partial charge on any atom is -0.493 e. The summed E-state index contributed by atoms with van der Waals surface area (Å²) in [6.45, 7) is 3.49. The minimum absolute atomic E-state index is 0.0553. The molecule has 5 N–H and O–H groups in total. The fraction of sp³-hybridized carbons (Fsp3) is 0.324. The van der Waals surface area contributed by atoms with E-state index >= 15 is 0 Å². The van der Waals surface area contributed by atoms with Crippen LogP contribution in [0.1, 0.15) is 28.9 Å². The minimum atomic E-state index is -3.83. The third kappa shape index (κ3) is 7.99. The molecule has 0 radical (unpaired) electrons. The number of aromatic nitrogens is 1. The molecule has 250 valence electrons. The number of aromatic carboxylic acids is 1. The van der Waals surface area contributed by atoms with Crippen molar-refractivity contribution >= 4 is 27.4 Å². The Morgan fingerprint density at radius 3 is 2.32 bits per heavy atom. The summed E-state index contributed by atoms with van der Waals surface area (Å²) in [6, 6.07) is 21.2. The van der Waals surface area contributed by atoms with Crippen molar-refractivity contribution in [1.29, 1.82) is 0 Å². The lowest BCUT2D eigenvalue weighted by atomic mass is 10.0. The van der Waals surface area contributed by atoms with Crippen LogP contribution in [0.5, 0.6) is 17.2 Å². The number of hydrogen-bond acceptors (Lipinski definition) is 9. The molecule has 0 aliphatic carbocycles. The number of nitrogens with zero attached hydrogens (tertiary/aromatic N) is 1. The van der Waals surface area contributed by atoms with Gasteiger partial charge in [-0.15, -0.1) is 0 Å². The molecular formula is C34H40N4O8S. The highest BCUT2D eigenvalue weighted by molar-refractivity contribution is 7.92. The van der Waals surface area contributed by atoms with Gasteiger partial charge in [0, 0.05) is 54.4 Å². The maximum absolute atomic E-state index is 13.0. The van der Waals surface area contributed by atoms with Gasteiger partial charge in [0.1, 0.15) is 18.3 Å². The summed E-state index contributed by atoms with van der Waals surface area (Å²) in [7, 11) is -0.897. The second-order valence-corrected chi connectivity index (χ2v) is 13.0. The Morgan fingerprint density at radius 2 is 1.68 bits per heavy atom. The van der Waals surface area contributed by atoms with Gasteiger partial charge in [-0.05, 0) is 56.2 Å². The van der Waals surface area contributed by atoms with Gasteiger partial charge >= 0.3 is 5.97 Å². The Balaban J connectivity index is 1.10. The molecule has 0 saturated carbocycles. The normalized spacial score (nSPS) is 14.4. The van der Waals surface area contributed by atoms with Crippen molar-refractivity contribution in [3.05, 3.63) is 84.1 Å². The lowest BCUT2D eigenvalue weighted by Gasteiger charge is -2.34. The highest BCUT2D eigenvalue weighted by atomic mass is 32.2. The smallest absolute Gasteiger partial charge is 0.341 e. The first-order valence-corrected chi connectivity index (χ1v) is 16.7. The van der Waals surface area contributed by atoms with Crippen molar-refractivity contribution in [1.82, 2.24) is 10.3 Å². The van der Waals surface area contributed by atoms with E-state index in [1.807, 2.05) is 42.5 Å². The largest absolute Gasteiger partial charge is 0.493 e. The van der Waals surface area contributed by atoms with Crippen molar-refractivity contribution in [2.24, 2.45) is 0 Å². The van der Waals surface area contributed by atoms with Crippen LogP contribution in [0.2, 0.25) is 0 Å². The van der Waals surface area contributed by atoms with E-state index in [-0.39, 0.29) is 28.9 Å². The number of hydrogen-bond donors (Lipinski definition) is 5. The summed E-state index contributed by atoms with van der Waals surface area (Å²) in [5.41, 5.74) is 3.32. The lowest BCUT2D eigenvalue weighted by Crippen LogP contribution is -2.45. The number of carboxylic acids is 1. The molecule has 4 aromatic rings. The molecular weight excluding hydrogens is 624 g/mol. The van der Waals surface area contributed by atoms with Gasteiger partial charge in [0.15, 0.2) is 17.2 Å². The lowest BCUT2D eigenvalue weighted by molar-refractivity contribution is 0.0682. The molecule has 1 aromatic heterocycles. The number of ether oxygens (including phenoxy) is 3. The number of H-pyrrole nitrogens is 1. The monoisotopic (exact) mass is 664 g/mol. The van der Waals surface area contributed by atoms with Crippen molar-refractivity contribution in [2.45, 2.75) is 36.8 Å². The zero-order valence-corrected chi connectivity index (χ0v) is 27.3. The van der Waals surface area contributed by atoms with Crippen molar-refractivity contribution in [3.63, 3.8) is 0 Å². The number of aromatic amines is 1. The topological polar surface area (TPSA) is 162 Å². The number of aliphatic hydroxyl groups excluding tert-OH is 1. The number of carbonyl (C=O) groups is 1. The van der Waals surface area contributed by atoms with Gasteiger partial charge in [-0.2, -0.15) is 0 Å². The van der Waals surface area contributed by atoms with Crippen LogP contribution >= 0.6 is 0 Å². The number of aryl methyl sites for hydroxylation is 1. The summed E-state index contributed by atoms with van der Waals surface area (Å²) in [4.78, 5) is 17.4. The number of methoxy groups -OCH3 is 2. The highest BCUT2D eigenvalue weighted by Gasteiger charge is 2.25. The van der Waals surface area contributed by atoms with E-state index in [4.69, 9.17) is 14.2 Å².